The highest BCUT2D eigenvalue weighted by molar-refractivity contribution is 6.31. The monoisotopic (exact) mass is 346 g/mol. The van der Waals surface area contributed by atoms with Gasteiger partial charge in [0.15, 0.2) is 0 Å². The molecule has 2 N–H and O–H groups in total. The van der Waals surface area contributed by atoms with Crippen LogP contribution >= 0.6 is 11.6 Å². The van der Waals surface area contributed by atoms with Crippen molar-refractivity contribution in [2.24, 2.45) is 11.8 Å². The molecule has 1 aliphatic rings. The van der Waals surface area contributed by atoms with Crippen molar-refractivity contribution in [3.8, 4) is 0 Å². The lowest BCUT2D eigenvalue weighted by Crippen LogP contribution is -2.27. The summed E-state index contributed by atoms with van der Waals surface area (Å²) < 4.78 is 13.1. The van der Waals surface area contributed by atoms with Gasteiger partial charge in [-0.3, -0.25) is 9.59 Å². The van der Waals surface area contributed by atoms with Crippen molar-refractivity contribution in [3.63, 3.8) is 0 Å². The van der Waals surface area contributed by atoms with E-state index >= 15 is 0 Å². The molecule has 0 saturated heterocycles. The standard InChI is InChI=1S/C18H16ClFN2O2/c19-15-8-12(6-7-16(15)20)22-18(24)14-9-13(14)17(23)21-10-11-4-2-1-3-5-11/h1-8,13-14H,9-10H2,(H,21,23)(H,22,24). The molecule has 4 nitrogen and oxygen atoms in total. The van der Waals surface area contributed by atoms with Gasteiger partial charge < -0.3 is 10.6 Å². The highest BCUT2D eigenvalue weighted by Gasteiger charge is 2.47. The maximum absolute atomic E-state index is 13.1. The molecule has 2 aromatic rings. The van der Waals surface area contributed by atoms with Gasteiger partial charge in [0.2, 0.25) is 11.8 Å². The first-order valence-electron chi connectivity index (χ1n) is 7.62. The molecule has 1 fully saturated rings. The fourth-order valence-electron chi connectivity index (χ4n) is 2.50. The van der Waals surface area contributed by atoms with Crippen LogP contribution in [-0.4, -0.2) is 11.8 Å². The summed E-state index contributed by atoms with van der Waals surface area (Å²) in [6.45, 7) is 0.443. The average molecular weight is 347 g/mol. The number of amides is 2. The van der Waals surface area contributed by atoms with Gasteiger partial charge in [0.1, 0.15) is 5.82 Å². The molecule has 3 rings (SSSR count). The van der Waals surface area contributed by atoms with E-state index in [-0.39, 0.29) is 28.7 Å². The maximum atomic E-state index is 13.1. The topological polar surface area (TPSA) is 58.2 Å². The molecular formula is C18H16ClFN2O2. The van der Waals surface area contributed by atoms with Crippen molar-refractivity contribution >= 4 is 29.1 Å². The maximum Gasteiger partial charge on any atom is 0.228 e. The summed E-state index contributed by atoms with van der Waals surface area (Å²) in [5.41, 5.74) is 1.43. The number of hydrogen-bond donors (Lipinski definition) is 2. The first-order valence-corrected chi connectivity index (χ1v) is 8.00. The van der Waals surface area contributed by atoms with E-state index in [1.165, 1.54) is 18.2 Å². The van der Waals surface area contributed by atoms with Crippen molar-refractivity contribution in [2.45, 2.75) is 13.0 Å². The summed E-state index contributed by atoms with van der Waals surface area (Å²) in [6.07, 6.45) is 0.515. The van der Waals surface area contributed by atoms with Crippen LogP contribution in [0.5, 0.6) is 0 Å². The number of benzene rings is 2. The molecule has 1 saturated carbocycles. The van der Waals surface area contributed by atoms with Crippen molar-refractivity contribution in [1.29, 1.82) is 0 Å². The number of nitrogens with one attached hydrogen (secondary N) is 2. The average Bonchev–Trinajstić information content (AvgIpc) is 3.38. The van der Waals surface area contributed by atoms with E-state index in [1.54, 1.807) is 0 Å². The molecule has 0 heterocycles. The Morgan fingerprint density at radius 1 is 1.08 bits per heavy atom. The molecule has 2 aromatic carbocycles. The van der Waals surface area contributed by atoms with Crippen LogP contribution in [0.15, 0.2) is 48.5 Å². The Kier molecular flexibility index (Phi) is 4.81. The van der Waals surface area contributed by atoms with Gasteiger partial charge in [0.25, 0.3) is 0 Å². The number of halogens is 2. The van der Waals surface area contributed by atoms with E-state index in [2.05, 4.69) is 10.6 Å². The van der Waals surface area contributed by atoms with Gasteiger partial charge in [-0.1, -0.05) is 41.9 Å². The number of hydrogen-bond acceptors (Lipinski definition) is 2. The van der Waals surface area contributed by atoms with Gasteiger partial charge >= 0.3 is 0 Å². The fraction of sp³-hybridized carbons (Fsp3) is 0.222. The largest absolute Gasteiger partial charge is 0.352 e. The molecule has 2 amide bonds. The third-order valence-corrected chi connectivity index (χ3v) is 4.25. The predicted octanol–water partition coefficient (Wildman–Crippen LogP) is 3.37. The second-order valence-electron chi connectivity index (χ2n) is 5.77. The van der Waals surface area contributed by atoms with Crippen LogP contribution in [0.3, 0.4) is 0 Å². The van der Waals surface area contributed by atoms with Gasteiger partial charge in [-0.05, 0) is 30.2 Å². The smallest absolute Gasteiger partial charge is 0.228 e. The first kappa shape index (κ1) is 16.5. The molecule has 1 aliphatic carbocycles. The van der Waals surface area contributed by atoms with Crippen LogP contribution in [0, 0.1) is 17.7 Å². The number of carbonyl (C=O) groups excluding carboxylic acids is 2. The zero-order chi connectivity index (χ0) is 17.1. The van der Waals surface area contributed by atoms with Crippen LogP contribution in [0.2, 0.25) is 5.02 Å². The summed E-state index contributed by atoms with van der Waals surface area (Å²) in [5, 5.41) is 5.44. The molecule has 24 heavy (non-hydrogen) atoms. The van der Waals surface area contributed by atoms with E-state index in [0.29, 0.717) is 18.7 Å². The highest BCUT2D eigenvalue weighted by atomic mass is 35.5. The van der Waals surface area contributed by atoms with Crippen molar-refractivity contribution < 1.29 is 14.0 Å². The van der Waals surface area contributed by atoms with Crippen LogP contribution in [-0.2, 0) is 16.1 Å². The number of anilines is 1. The fourth-order valence-corrected chi connectivity index (χ4v) is 2.68. The number of rotatable bonds is 5. The third-order valence-electron chi connectivity index (χ3n) is 3.96. The van der Waals surface area contributed by atoms with Gasteiger partial charge in [-0.25, -0.2) is 4.39 Å². The molecule has 0 bridgehead atoms. The second-order valence-corrected chi connectivity index (χ2v) is 6.18. The Labute approximate surface area is 144 Å². The van der Waals surface area contributed by atoms with Gasteiger partial charge in [-0.2, -0.15) is 0 Å². The lowest BCUT2D eigenvalue weighted by Gasteiger charge is -2.07. The van der Waals surface area contributed by atoms with E-state index in [4.69, 9.17) is 11.6 Å². The second kappa shape index (κ2) is 7.01. The minimum atomic E-state index is -0.542. The molecule has 0 aromatic heterocycles. The predicted molar refractivity (Wildman–Crippen MR) is 89.9 cm³/mol. The summed E-state index contributed by atoms with van der Waals surface area (Å²) >= 11 is 5.68. The van der Waals surface area contributed by atoms with E-state index in [1.807, 2.05) is 30.3 Å². The number of carbonyl (C=O) groups is 2. The summed E-state index contributed by atoms with van der Waals surface area (Å²) in [4.78, 5) is 24.2. The molecule has 2 atom stereocenters. The molecule has 0 aliphatic heterocycles. The van der Waals surface area contributed by atoms with Crippen molar-refractivity contribution in [3.05, 3.63) is 64.9 Å². The lowest BCUT2D eigenvalue weighted by molar-refractivity contribution is -0.125. The van der Waals surface area contributed by atoms with E-state index in [0.717, 1.165) is 5.56 Å². The molecular weight excluding hydrogens is 331 g/mol. The van der Waals surface area contributed by atoms with Gasteiger partial charge in [0, 0.05) is 12.2 Å². The normalized spacial score (nSPS) is 18.8. The Morgan fingerprint density at radius 3 is 2.50 bits per heavy atom. The highest BCUT2D eigenvalue weighted by Crippen LogP contribution is 2.39. The van der Waals surface area contributed by atoms with Crippen LogP contribution in [0.25, 0.3) is 0 Å². The Balaban J connectivity index is 1.49. The minimum absolute atomic E-state index is 0.0549. The van der Waals surface area contributed by atoms with Crippen LogP contribution < -0.4 is 10.6 Å². The van der Waals surface area contributed by atoms with E-state index < -0.39 is 5.82 Å². The minimum Gasteiger partial charge on any atom is -0.352 e. The SMILES string of the molecule is O=C(NCc1ccccc1)C1CC1C(=O)Nc1ccc(F)c(Cl)c1. The summed E-state index contributed by atoms with van der Waals surface area (Å²) in [5.74, 6) is -1.60. The van der Waals surface area contributed by atoms with Crippen molar-refractivity contribution in [1.82, 2.24) is 5.32 Å². The molecule has 6 heteroatoms. The van der Waals surface area contributed by atoms with Crippen LogP contribution in [0.1, 0.15) is 12.0 Å². The summed E-state index contributed by atoms with van der Waals surface area (Å²) in [6, 6.07) is 13.5. The molecule has 0 spiro atoms. The quantitative estimate of drug-likeness (QED) is 0.872. The first-order chi connectivity index (χ1) is 11.5. The Morgan fingerprint density at radius 2 is 1.79 bits per heavy atom. The van der Waals surface area contributed by atoms with Gasteiger partial charge in [-0.15, -0.1) is 0 Å². The zero-order valence-electron chi connectivity index (χ0n) is 12.8. The summed E-state index contributed by atoms with van der Waals surface area (Å²) in [7, 11) is 0. The van der Waals surface area contributed by atoms with E-state index in [9.17, 15) is 14.0 Å². The third kappa shape index (κ3) is 3.92. The molecule has 124 valence electrons. The Bertz CT molecular complexity index is 767. The molecule has 2 unspecified atom stereocenters. The Hall–Kier alpha value is -2.40. The lowest BCUT2D eigenvalue weighted by atomic mass is 10.2. The van der Waals surface area contributed by atoms with Gasteiger partial charge in [0.05, 0.1) is 16.9 Å². The molecule has 0 radical (unpaired) electrons. The van der Waals surface area contributed by atoms with Crippen LogP contribution in [0.4, 0.5) is 10.1 Å². The zero-order valence-corrected chi connectivity index (χ0v) is 13.5. The van der Waals surface area contributed by atoms with Crippen molar-refractivity contribution in [2.75, 3.05) is 5.32 Å².